The fraction of sp³-hybridized carbons (Fsp3) is 0.455. The summed E-state index contributed by atoms with van der Waals surface area (Å²) in [6, 6.07) is 9.85. The standard InChI is InChI=1S/C55H73N17O14/c1-3-19-72(20-4-2)31-39(86-26-25-84-22-18-59-43(74)16-14-41(53(81)82)67-49(76)34-7-11-36(12-8-34)61-28-38-30-63-47-45(65-38)51(78)71-55(57)69-47)32-85-24-23-83-21-17-58-42(73)15-13-40(52(79)80)66-48(75)33-5-9-35(10-6-33)60-27-37-29-62-46-44(64-37)50(77)70-54(56)68-46/h5-12,29-30,39-41,60-61H,3-4,13-28,31-32H2,1-2H3,(H,58,73)(H,59,74)(H,66,75)(H,67,76)(H,79,80)(H,81,82)(H3,56,62,68,70,77)(H3,57,63,69,71,78). The number of carboxylic acid groups (broad SMARTS) is 2. The second-order valence-electron chi connectivity index (χ2n) is 19.4. The molecule has 4 amide bonds. The molecule has 31 heteroatoms. The summed E-state index contributed by atoms with van der Waals surface area (Å²) >= 11 is 0. The summed E-state index contributed by atoms with van der Waals surface area (Å²) in [5.41, 5.74) is 12.9. The maximum atomic E-state index is 13.0. The molecule has 0 aliphatic carbocycles. The molecule has 0 aliphatic rings. The predicted octanol–water partition coefficient (Wildman–Crippen LogP) is 0.544. The smallest absolute Gasteiger partial charge is 0.326 e. The Kier molecular flexibility index (Phi) is 26.4. The van der Waals surface area contributed by atoms with Crippen LogP contribution in [0, 0.1) is 0 Å². The number of carbonyl (C=O) groups is 6. The Balaban J connectivity index is 0.801. The minimum absolute atomic E-state index is 0.0364. The lowest BCUT2D eigenvalue weighted by atomic mass is 10.1. The van der Waals surface area contributed by atoms with E-state index >= 15 is 0 Å². The number of nitrogens with one attached hydrogen (secondary N) is 8. The van der Waals surface area contributed by atoms with E-state index in [0.29, 0.717) is 29.3 Å². The minimum atomic E-state index is -1.33. The molecule has 31 nitrogen and oxygen atoms in total. The van der Waals surface area contributed by atoms with Gasteiger partial charge in [-0.2, -0.15) is 9.97 Å². The van der Waals surface area contributed by atoms with Crippen molar-refractivity contribution in [3.05, 3.63) is 104 Å². The zero-order chi connectivity index (χ0) is 61.8. The van der Waals surface area contributed by atoms with Gasteiger partial charge in [0, 0.05) is 55.0 Å². The number of fused-ring (bicyclic) bond motifs is 2. The number of carboxylic acids is 2. The van der Waals surface area contributed by atoms with Crippen LogP contribution in [-0.2, 0) is 51.2 Å². The molecule has 0 radical (unpaired) electrons. The SMILES string of the molecule is CCCN(CCC)CC(COCCOCCNC(=O)CCC(NC(=O)c1ccc(NCc2cnc3nc(N)[nH]c(=O)c3n2)cc1)C(=O)O)OCCOCCNC(=O)CCC(NC(=O)c1ccc(NCc2cnc3nc(N)[nH]c(=O)c3n2)cc1)C(=O)O. The van der Waals surface area contributed by atoms with Crippen LogP contribution >= 0.6 is 0 Å². The Morgan fingerprint density at radius 1 is 0.593 bits per heavy atom. The number of hydrogen-bond donors (Lipinski definition) is 12. The number of aliphatic carboxylic acids is 2. The number of rotatable bonds is 39. The van der Waals surface area contributed by atoms with E-state index in [2.05, 4.69) is 90.5 Å². The number of nitrogens with zero attached hydrogens (tertiary/aromatic N) is 7. The molecule has 0 aliphatic heterocycles. The lowest BCUT2D eigenvalue weighted by molar-refractivity contribution is -0.140. The third-order valence-electron chi connectivity index (χ3n) is 12.7. The monoisotopic (exact) mass is 1200 g/mol. The van der Waals surface area contributed by atoms with Crippen molar-refractivity contribution in [1.29, 1.82) is 0 Å². The van der Waals surface area contributed by atoms with Crippen molar-refractivity contribution in [3.8, 4) is 0 Å². The average molecular weight is 1200 g/mol. The van der Waals surface area contributed by atoms with E-state index < -0.39 is 58.8 Å². The van der Waals surface area contributed by atoms with Crippen molar-refractivity contribution in [2.45, 2.75) is 83.6 Å². The van der Waals surface area contributed by atoms with Gasteiger partial charge < -0.3 is 77.4 Å². The minimum Gasteiger partial charge on any atom is -0.480 e. The first kappa shape index (κ1) is 65.8. The van der Waals surface area contributed by atoms with Gasteiger partial charge >= 0.3 is 11.9 Å². The van der Waals surface area contributed by atoms with Crippen LogP contribution in [0.5, 0.6) is 0 Å². The van der Waals surface area contributed by atoms with Crippen LogP contribution in [-0.4, -0.2) is 188 Å². The molecule has 86 heavy (non-hydrogen) atoms. The lowest BCUT2D eigenvalue weighted by Crippen LogP contribution is -2.41. The first-order valence-corrected chi connectivity index (χ1v) is 27.9. The fourth-order valence-corrected chi connectivity index (χ4v) is 8.41. The highest BCUT2D eigenvalue weighted by atomic mass is 16.6. The normalized spacial score (nSPS) is 12.3. The van der Waals surface area contributed by atoms with Crippen LogP contribution in [0.4, 0.5) is 23.3 Å². The van der Waals surface area contributed by atoms with Crippen molar-refractivity contribution in [3.63, 3.8) is 0 Å². The highest BCUT2D eigenvalue weighted by Crippen LogP contribution is 2.15. The fourth-order valence-electron chi connectivity index (χ4n) is 8.41. The highest BCUT2D eigenvalue weighted by Gasteiger charge is 2.24. The van der Waals surface area contributed by atoms with E-state index in [0.717, 1.165) is 25.9 Å². The van der Waals surface area contributed by atoms with Crippen molar-refractivity contribution in [2.24, 2.45) is 0 Å². The number of H-pyrrole nitrogens is 2. The summed E-state index contributed by atoms with van der Waals surface area (Å²) in [6.45, 7) is 8.91. The number of nitrogens with two attached hydrogens (primary N) is 2. The molecule has 4 aromatic heterocycles. The number of hydrogen-bond acceptors (Lipinski definition) is 23. The van der Waals surface area contributed by atoms with Crippen LogP contribution in [0.2, 0.25) is 0 Å². The zero-order valence-electron chi connectivity index (χ0n) is 47.7. The molecule has 3 unspecified atom stereocenters. The molecule has 3 atom stereocenters. The van der Waals surface area contributed by atoms with Crippen molar-refractivity contribution in [1.82, 2.24) is 66.0 Å². The number of aromatic nitrogens is 8. The molecule has 0 saturated heterocycles. The predicted molar refractivity (Wildman–Crippen MR) is 314 cm³/mol. The Labute approximate surface area is 492 Å². The van der Waals surface area contributed by atoms with Gasteiger partial charge in [-0.1, -0.05) is 13.8 Å². The molecular weight excluding hydrogens is 1120 g/mol. The quantitative estimate of drug-likeness (QED) is 0.0234. The van der Waals surface area contributed by atoms with E-state index in [1.165, 1.54) is 36.7 Å². The number of ether oxygens (including phenoxy) is 4. The summed E-state index contributed by atoms with van der Waals surface area (Å²) < 4.78 is 23.4. The van der Waals surface area contributed by atoms with E-state index in [-0.39, 0.29) is 150 Å². The second-order valence-corrected chi connectivity index (χ2v) is 19.4. The first-order chi connectivity index (χ1) is 41.5. The van der Waals surface area contributed by atoms with E-state index in [1.807, 2.05) is 0 Å². The maximum Gasteiger partial charge on any atom is 0.326 e. The van der Waals surface area contributed by atoms with Crippen LogP contribution in [0.1, 0.15) is 84.5 Å². The molecule has 462 valence electrons. The molecule has 0 spiro atoms. The van der Waals surface area contributed by atoms with Gasteiger partial charge in [-0.25, -0.2) is 29.5 Å². The van der Waals surface area contributed by atoms with E-state index in [1.54, 1.807) is 24.3 Å². The summed E-state index contributed by atoms with van der Waals surface area (Å²) in [4.78, 5) is 131. The lowest BCUT2D eigenvalue weighted by Gasteiger charge is -2.27. The number of carbonyl (C=O) groups excluding carboxylic acids is 4. The van der Waals surface area contributed by atoms with Crippen molar-refractivity contribution < 1.29 is 57.9 Å². The molecule has 6 rings (SSSR count). The summed E-state index contributed by atoms with van der Waals surface area (Å²) in [6.07, 6.45) is 3.90. The van der Waals surface area contributed by atoms with Gasteiger partial charge in [-0.05, 0) is 87.3 Å². The van der Waals surface area contributed by atoms with E-state index in [4.69, 9.17) is 30.4 Å². The van der Waals surface area contributed by atoms with Gasteiger partial charge in [0.25, 0.3) is 22.9 Å². The van der Waals surface area contributed by atoms with Gasteiger partial charge in [0.15, 0.2) is 22.3 Å². The average Bonchev–Trinajstić information content (AvgIpc) is 3.31. The summed E-state index contributed by atoms with van der Waals surface area (Å²) in [5.74, 6) is -4.84. The molecule has 0 saturated carbocycles. The van der Waals surface area contributed by atoms with Crippen LogP contribution in [0.3, 0.4) is 0 Å². The second kappa shape index (κ2) is 34.5. The van der Waals surface area contributed by atoms with Gasteiger partial charge in [0.2, 0.25) is 23.7 Å². The van der Waals surface area contributed by atoms with Crippen LogP contribution in [0.25, 0.3) is 22.3 Å². The molecule has 6 aromatic rings. The van der Waals surface area contributed by atoms with Crippen molar-refractivity contribution in [2.75, 3.05) is 101 Å². The zero-order valence-corrected chi connectivity index (χ0v) is 47.7. The number of nitrogen functional groups attached to an aromatic ring is 2. The molecule has 0 bridgehead atoms. The first-order valence-electron chi connectivity index (χ1n) is 27.9. The Morgan fingerprint density at radius 3 is 1.45 bits per heavy atom. The van der Waals surface area contributed by atoms with Crippen LogP contribution < -0.4 is 54.5 Å². The Hall–Kier alpha value is -9.30. The van der Waals surface area contributed by atoms with Gasteiger partial charge in [0.1, 0.15) is 12.1 Å². The Morgan fingerprint density at radius 2 is 1.02 bits per heavy atom. The number of anilines is 4. The highest BCUT2D eigenvalue weighted by molar-refractivity contribution is 5.98. The van der Waals surface area contributed by atoms with Gasteiger partial charge in [-0.15, -0.1) is 0 Å². The molecular formula is C55H73N17O14. The largest absolute Gasteiger partial charge is 0.480 e. The third-order valence-corrected chi connectivity index (χ3v) is 12.7. The van der Waals surface area contributed by atoms with Gasteiger partial charge in [-0.3, -0.25) is 38.7 Å². The molecule has 2 aromatic carbocycles. The van der Waals surface area contributed by atoms with Gasteiger partial charge in [0.05, 0.1) is 89.2 Å². The number of amides is 4. The van der Waals surface area contributed by atoms with E-state index in [9.17, 15) is 48.6 Å². The Bertz CT molecular complexity index is 3330. The molecule has 4 heterocycles. The summed E-state index contributed by atoms with van der Waals surface area (Å²) in [5, 5.41) is 36.1. The van der Waals surface area contributed by atoms with Crippen molar-refractivity contribution >= 4 is 81.2 Å². The third kappa shape index (κ3) is 22.0. The maximum absolute atomic E-state index is 13.0. The summed E-state index contributed by atoms with van der Waals surface area (Å²) in [7, 11) is 0. The molecule has 0 fully saturated rings. The number of benzene rings is 2. The topological polar surface area (TPSA) is 450 Å². The molecule has 14 N–H and O–H groups in total. The van der Waals surface area contributed by atoms with Crippen LogP contribution in [0.15, 0.2) is 70.5 Å². The number of aromatic amines is 2.